The van der Waals surface area contributed by atoms with Crippen molar-refractivity contribution in [2.75, 3.05) is 0 Å². The van der Waals surface area contributed by atoms with Crippen LogP contribution in [0.4, 0.5) is 0 Å². The van der Waals surface area contributed by atoms with Crippen molar-refractivity contribution in [2.45, 2.75) is 0 Å². The largest absolute Gasteiger partial charge is 0.456 e. The summed E-state index contributed by atoms with van der Waals surface area (Å²) in [6, 6.07) is 67.6. The van der Waals surface area contributed by atoms with Crippen molar-refractivity contribution in [1.29, 1.82) is 0 Å². The summed E-state index contributed by atoms with van der Waals surface area (Å²) in [6.45, 7) is 0. The average Bonchev–Trinajstić information content (AvgIpc) is 3.83. The molecule has 0 saturated carbocycles. The second kappa shape index (κ2) is 13.0. The number of benzene rings is 8. The second-order valence-electron chi connectivity index (χ2n) is 14.0. The van der Waals surface area contributed by atoms with E-state index >= 15 is 0 Å². The molecule has 0 aliphatic rings. The molecule has 262 valence electrons. The van der Waals surface area contributed by atoms with Gasteiger partial charge in [-0.05, 0) is 58.7 Å². The lowest BCUT2D eigenvalue weighted by Crippen LogP contribution is -2.00. The Bertz CT molecular complexity index is 3220. The number of rotatable bonds is 6. The van der Waals surface area contributed by atoms with Gasteiger partial charge in [0.25, 0.3) is 0 Å². The number of para-hydroxylation sites is 2. The second-order valence-corrected chi connectivity index (χ2v) is 14.0. The first-order chi connectivity index (χ1) is 27.7. The molecule has 5 nitrogen and oxygen atoms in total. The molecule has 5 heteroatoms. The van der Waals surface area contributed by atoms with E-state index in [0.717, 1.165) is 55.4 Å². The Hall–Kier alpha value is -7.63. The van der Waals surface area contributed by atoms with Gasteiger partial charge in [0, 0.05) is 43.9 Å². The van der Waals surface area contributed by atoms with Gasteiger partial charge < -0.3 is 8.98 Å². The van der Waals surface area contributed by atoms with Crippen LogP contribution in [-0.4, -0.2) is 19.5 Å². The summed E-state index contributed by atoms with van der Waals surface area (Å²) in [5.41, 5.74) is 12.5. The zero-order valence-corrected chi connectivity index (χ0v) is 30.2. The molecule has 0 aliphatic heterocycles. The molecule has 0 saturated heterocycles. The van der Waals surface area contributed by atoms with Crippen LogP contribution in [0.1, 0.15) is 0 Å². The lowest BCUT2D eigenvalue weighted by molar-refractivity contribution is 0.669. The SMILES string of the molecule is c1ccc(-c2ccc3c4ccccc4n(-c4ccc(-c5ccc(-c6nc(-c7ccccc7)nc(-c7cccc8oc9ccccc9c78)n6)cc5)cc4)c3c2)cc1. The first-order valence-corrected chi connectivity index (χ1v) is 18.8. The van der Waals surface area contributed by atoms with Crippen molar-refractivity contribution in [3.8, 4) is 62.1 Å². The van der Waals surface area contributed by atoms with Gasteiger partial charge in [0.05, 0.1) is 11.0 Å². The van der Waals surface area contributed by atoms with E-state index in [0.29, 0.717) is 17.5 Å². The molecule has 3 aromatic heterocycles. The van der Waals surface area contributed by atoms with E-state index < -0.39 is 0 Å². The van der Waals surface area contributed by atoms with E-state index in [1.54, 1.807) is 0 Å². The standard InChI is InChI=1S/C51H32N4O/c1-3-12-33(13-4-1)38-28-31-41-40-16-7-9-19-44(40)55(45(41)32-38)39-29-26-35(27-30-39)34-22-24-37(25-23-34)50-52-49(36-14-5-2-6-15-36)53-51(54-50)43-18-11-21-47-48(43)42-17-8-10-20-46(42)56-47/h1-32H. The third kappa shape index (κ3) is 5.37. The van der Waals surface area contributed by atoms with Crippen LogP contribution < -0.4 is 0 Å². The molecule has 56 heavy (non-hydrogen) atoms. The Morgan fingerprint density at radius 2 is 0.857 bits per heavy atom. The molecule has 11 rings (SSSR count). The van der Waals surface area contributed by atoms with E-state index in [4.69, 9.17) is 19.4 Å². The fourth-order valence-corrected chi connectivity index (χ4v) is 7.98. The maximum absolute atomic E-state index is 6.21. The predicted octanol–water partition coefficient (Wildman–Crippen LogP) is 13.2. The third-order valence-electron chi connectivity index (χ3n) is 10.7. The summed E-state index contributed by atoms with van der Waals surface area (Å²) >= 11 is 0. The Morgan fingerprint density at radius 1 is 0.339 bits per heavy atom. The van der Waals surface area contributed by atoms with Gasteiger partial charge in [-0.25, -0.2) is 15.0 Å². The van der Waals surface area contributed by atoms with Crippen molar-refractivity contribution in [2.24, 2.45) is 0 Å². The van der Waals surface area contributed by atoms with Gasteiger partial charge in [-0.15, -0.1) is 0 Å². The Kier molecular flexibility index (Phi) is 7.42. The zero-order valence-electron chi connectivity index (χ0n) is 30.2. The highest BCUT2D eigenvalue weighted by Gasteiger charge is 2.18. The minimum atomic E-state index is 0.603. The van der Waals surface area contributed by atoms with Gasteiger partial charge in [-0.2, -0.15) is 0 Å². The van der Waals surface area contributed by atoms with Crippen molar-refractivity contribution >= 4 is 43.7 Å². The van der Waals surface area contributed by atoms with Crippen LogP contribution in [0.5, 0.6) is 0 Å². The van der Waals surface area contributed by atoms with Gasteiger partial charge >= 0.3 is 0 Å². The fraction of sp³-hybridized carbons (Fsp3) is 0. The summed E-state index contributed by atoms with van der Waals surface area (Å²) in [7, 11) is 0. The number of nitrogens with zero attached hydrogens (tertiary/aromatic N) is 4. The molecule has 0 N–H and O–H groups in total. The average molecular weight is 717 g/mol. The lowest BCUT2D eigenvalue weighted by atomic mass is 10.0. The molecular formula is C51H32N4O. The van der Waals surface area contributed by atoms with Gasteiger partial charge in [0.15, 0.2) is 17.5 Å². The summed E-state index contributed by atoms with van der Waals surface area (Å²) in [5.74, 6) is 1.84. The number of fused-ring (bicyclic) bond motifs is 6. The van der Waals surface area contributed by atoms with Gasteiger partial charge in [0.2, 0.25) is 0 Å². The molecule has 8 aromatic carbocycles. The smallest absolute Gasteiger partial charge is 0.164 e. The molecule has 3 heterocycles. The van der Waals surface area contributed by atoms with Crippen LogP contribution in [0.2, 0.25) is 0 Å². The normalized spacial score (nSPS) is 11.6. The molecule has 0 radical (unpaired) electrons. The number of aromatic nitrogens is 4. The number of furan rings is 1. The van der Waals surface area contributed by atoms with Crippen LogP contribution >= 0.6 is 0 Å². The van der Waals surface area contributed by atoms with Crippen LogP contribution in [0.25, 0.3) is 106 Å². The lowest BCUT2D eigenvalue weighted by Gasteiger charge is -2.11. The first-order valence-electron chi connectivity index (χ1n) is 18.8. The Labute approximate surface area is 322 Å². The van der Waals surface area contributed by atoms with Crippen LogP contribution in [-0.2, 0) is 0 Å². The van der Waals surface area contributed by atoms with Crippen LogP contribution in [0.15, 0.2) is 199 Å². The van der Waals surface area contributed by atoms with Crippen molar-refractivity contribution in [1.82, 2.24) is 19.5 Å². The van der Waals surface area contributed by atoms with Gasteiger partial charge in [-0.1, -0.05) is 158 Å². The molecule has 0 fully saturated rings. The topological polar surface area (TPSA) is 56.7 Å². The first kappa shape index (κ1) is 31.9. The highest BCUT2D eigenvalue weighted by molar-refractivity contribution is 6.12. The molecule has 0 spiro atoms. The highest BCUT2D eigenvalue weighted by atomic mass is 16.3. The fourth-order valence-electron chi connectivity index (χ4n) is 7.98. The van der Waals surface area contributed by atoms with Crippen LogP contribution in [0, 0.1) is 0 Å². The monoisotopic (exact) mass is 716 g/mol. The summed E-state index contributed by atoms with van der Waals surface area (Å²) in [5, 5.41) is 4.52. The molecule has 0 bridgehead atoms. The molecule has 0 aliphatic carbocycles. The minimum absolute atomic E-state index is 0.603. The third-order valence-corrected chi connectivity index (χ3v) is 10.7. The van der Waals surface area contributed by atoms with E-state index in [1.807, 2.05) is 60.7 Å². The van der Waals surface area contributed by atoms with Gasteiger partial charge in [-0.3, -0.25) is 0 Å². The van der Waals surface area contributed by atoms with Crippen LogP contribution in [0.3, 0.4) is 0 Å². The zero-order chi connectivity index (χ0) is 37.0. The number of hydrogen-bond acceptors (Lipinski definition) is 4. The number of hydrogen-bond donors (Lipinski definition) is 0. The van der Waals surface area contributed by atoms with Crippen molar-refractivity contribution in [3.63, 3.8) is 0 Å². The van der Waals surface area contributed by atoms with Gasteiger partial charge in [0.1, 0.15) is 11.2 Å². The van der Waals surface area contributed by atoms with E-state index in [2.05, 4.69) is 138 Å². The Balaban J connectivity index is 0.972. The minimum Gasteiger partial charge on any atom is -0.456 e. The molecule has 0 unspecified atom stereocenters. The molecule has 0 amide bonds. The predicted molar refractivity (Wildman–Crippen MR) is 229 cm³/mol. The molecule has 0 atom stereocenters. The maximum Gasteiger partial charge on any atom is 0.164 e. The highest BCUT2D eigenvalue weighted by Crippen LogP contribution is 2.38. The Morgan fingerprint density at radius 3 is 1.61 bits per heavy atom. The summed E-state index contributed by atoms with van der Waals surface area (Å²) < 4.78 is 8.59. The van der Waals surface area contributed by atoms with E-state index in [-0.39, 0.29) is 0 Å². The van der Waals surface area contributed by atoms with Crippen molar-refractivity contribution < 1.29 is 4.42 Å². The quantitative estimate of drug-likeness (QED) is 0.172. The molecule has 11 aromatic rings. The summed E-state index contributed by atoms with van der Waals surface area (Å²) in [4.78, 5) is 15.1. The van der Waals surface area contributed by atoms with E-state index in [1.165, 1.54) is 32.9 Å². The van der Waals surface area contributed by atoms with Crippen molar-refractivity contribution in [3.05, 3.63) is 194 Å². The summed E-state index contributed by atoms with van der Waals surface area (Å²) in [6.07, 6.45) is 0. The maximum atomic E-state index is 6.21. The van der Waals surface area contributed by atoms with E-state index in [9.17, 15) is 0 Å². The molecular weight excluding hydrogens is 685 g/mol.